The molecule has 2 aromatic heterocycles. The Labute approximate surface area is 384 Å². The summed E-state index contributed by atoms with van der Waals surface area (Å²) in [6.07, 6.45) is 6.29. The fourth-order valence-electron chi connectivity index (χ4n) is 7.06. The molecule has 29 heteroatoms. The van der Waals surface area contributed by atoms with Gasteiger partial charge in [0.1, 0.15) is 42.0 Å². The number of allylic oxidation sites excluding steroid dienone is 3. The van der Waals surface area contributed by atoms with Gasteiger partial charge in [0.25, 0.3) is 0 Å². The van der Waals surface area contributed by atoms with Crippen molar-refractivity contribution in [3.63, 3.8) is 0 Å². The van der Waals surface area contributed by atoms with Crippen LogP contribution in [0.2, 0.25) is 0 Å². The number of aliphatic hydroxyl groups is 2. The van der Waals surface area contributed by atoms with Crippen LogP contribution in [0.4, 0.5) is 5.82 Å². The summed E-state index contributed by atoms with van der Waals surface area (Å²) in [5.41, 5.74) is 4.25. The lowest BCUT2D eigenvalue weighted by atomic mass is 9.87. The summed E-state index contributed by atoms with van der Waals surface area (Å²) in [4.78, 5) is 101. The van der Waals surface area contributed by atoms with Crippen molar-refractivity contribution in [1.29, 1.82) is 0 Å². The number of nitrogen functional groups attached to an aromatic ring is 1. The minimum absolute atomic E-state index is 0.0267. The summed E-state index contributed by atoms with van der Waals surface area (Å²) >= 11 is 1.03. The molecule has 2 aliphatic rings. The van der Waals surface area contributed by atoms with Gasteiger partial charge in [0.15, 0.2) is 17.7 Å². The smallest absolute Gasteiger partial charge is 0.386 e. The zero-order valence-electron chi connectivity index (χ0n) is 36.4. The molecule has 1 aliphatic heterocycles. The maximum atomic E-state index is 12.7. The van der Waals surface area contributed by atoms with Crippen LogP contribution in [0, 0.1) is 17.3 Å². The number of hydrogen-bond acceptors (Lipinski definition) is 19. The number of anilines is 1. The van der Waals surface area contributed by atoms with Gasteiger partial charge < -0.3 is 50.9 Å². The number of aliphatic hydroxyl groups excluding tert-OH is 2. The topological polar surface area (TPSA) is 381 Å². The number of rotatable bonds is 27. The predicted octanol–water partition coefficient (Wildman–Crippen LogP) is 2.34. The summed E-state index contributed by atoms with van der Waals surface area (Å²) in [5, 5.41) is 26.4. The van der Waals surface area contributed by atoms with Gasteiger partial charge in [-0.15, -0.1) is 0 Å². The number of nitrogens with zero attached hydrogens (tertiary/aromatic N) is 4. The summed E-state index contributed by atoms with van der Waals surface area (Å²) in [7, 11) is -16.4. The molecule has 1 saturated carbocycles. The van der Waals surface area contributed by atoms with E-state index in [9.17, 15) is 62.7 Å². The molecule has 1 aliphatic carbocycles. The minimum atomic E-state index is -5.59. The molecule has 3 heterocycles. The van der Waals surface area contributed by atoms with Gasteiger partial charge in [0.2, 0.25) is 16.9 Å². The number of nitrogens with one attached hydrogen (secondary N) is 2. The number of phosphoric ester groups is 3. The van der Waals surface area contributed by atoms with Crippen LogP contribution in [0.3, 0.4) is 0 Å². The Morgan fingerprint density at radius 1 is 1.06 bits per heavy atom. The van der Waals surface area contributed by atoms with Crippen molar-refractivity contribution in [1.82, 2.24) is 30.2 Å². The molecular formula is C37H58N7O18P3S. The van der Waals surface area contributed by atoms with Gasteiger partial charge >= 0.3 is 23.5 Å². The van der Waals surface area contributed by atoms with Crippen molar-refractivity contribution in [3.05, 3.63) is 37.0 Å². The number of carbonyl (C=O) groups is 4. The predicted molar refractivity (Wildman–Crippen MR) is 235 cm³/mol. The second kappa shape index (κ2) is 24.8. The fourth-order valence-corrected chi connectivity index (χ4v) is 10.5. The molecule has 0 spiro atoms. The Morgan fingerprint density at radius 2 is 1.79 bits per heavy atom. The zero-order chi connectivity index (χ0) is 48.9. The number of fused-ring (bicyclic) bond motifs is 1. The normalized spacial score (nSPS) is 23.9. The van der Waals surface area contributed by atoms with E-state index in [0.29, 0.717) is 30.3 Å². The van der Waals surface area contributed by atoms with E-state index >= 15 is 0 Å². The third kappa shape index (κ3) is 17.0. The fraction of sp³-hybridized carbons (Fsp3) is 0.649. The van der Waals surface area contributed by atoms with Crippen molar-refractivity contribution < 1.29 is 85.3 Å². The molecule has 10 N–H and O–H groups in total. The number of unbranched alkanes of at least 4 members (excludes halogenated alkanes) is 1. The van der Waals surface area contributed by atoms with Gasteiger partial charge in [-0.05, 0) is 50.5 Å². The van der Waals surface area contributed by atoms with E-state index in [-0.39, 0.29) is 47.5 Å². The highest BCUT2D eigenvalue weighted by Crippen LogP contribution is 2.61. The highest BCUT2D eigenvalue weighted by Gasteiger charge is 2.50. The monoisotopic (exact) mass is 1010 g/mol. The van der Waals surface area contributed by atoms with Crippen molar-refractivity contribution in [2.24, 2.45) is 17.3 Å². The van der Waals surface area contributed by atoms with Gasteiger partial charge in [-0.1, -0.05) is 50.8 Å². The number of ketones is 1. The number of carbonyl (C=O) groups excluding carboxylic acids is 4. The molecule has 1 saturated heterocycles. The molecule has 66 heavy (non-hydrogen) atoms. The maximum absolute atomic E-state index is 12.7. The van der Waals surface area contributed by atoms with Crippen LogP contribution in [0.25, 0.3) is 11.2 Å². The third-order valence-corrected chi connectivity index (χ3v) is 14.4. The van der Waals surface area contributed by atoms with E-state index in [2.05, 4.69) is 53.5 Å². The number of aromatic nitrogens is 4. The highest BCUT2D eigenvalue weighted by molar-refractivity contribution is 8.14. The first kappa shape index (κ1) is 55.3. The Morgan fingerprint density at radius 3 is 2.50 bits per heavy atom. The van der Waals surface area contributed by atoms with E-state index in [1.165, 1.54) is 19.9 Å². The molecule has 0 bridgehead atoms. The summed E-state index contributed by atoms with van der Waals surface area (Å²) in [6, 6.07) is 0. The number of phosphoric acid groups is 3. The molecule has 370 valence electrons. The van der Waals surface area contributed by atoms with E-state index in [1.54, 1.807) is 0 Å². The van der Waals surface area contributed by atoms with E-state index in [4.69, 9.17) is 19.5 Å². The lowest BCUT2D eigenvalue weighted by Gasteiger charge is -2.30. The summed E-state index contributed by atoms with van der Waals surface area (Å²) < 4.78 is 62.4. The van der Waals surface area contributed by atoms with Crippen LogP contribution in [0.1, 0.15) is 78.4 Å². The number of nitrogens with two attached hydrogens (primary N) is 1. The number of Topliss-reactive ketones (excluding diaryl/α,β-unsaturated/α-hetero) is 1. The average molecular weight is 1010 g/mol. The van der Waals surface area contributed by atoms with Crippen LogP contribution in [0.5, 0.6) is 0 Å². The van der Waals surface area contributed by atoms with E-state index in [0.717, 1.165) is 61.1 Å². The Kier molecular flexibility index (Phi) is 20.8. The summed E-state index contributed by atoms with van der Waals surface area (Å²) in [6.45, 7) is 2.48. The maximum Gasteiger partial charge on any atom is 0.481 e. The van der Waals surface area contributed by atoms with Gasteiger partial charge in [-0.25, -0.2) is 28.6 Å². The zero-order valence-corrected chi connectivity index (χ0v) is 39.9. The molecule has 0 radical (unpaired) electrons. The largest absolute Gasteiger partial charge is 0.481 e. The van der Waals surface area contributed by atoms with E-state index in [1.807, 2.05) is 6.08 Å². The molecule has 2 aromatic rings. The lowest BCUT2D eigenvalue weighted by Crippen LogP contribution is -2.46. The number of hydrogen-bond donors (Lipinski definition) is 9. The molecule has 3 unspecified atom stereocenters. The van der Waals surface area contributed by atoms with Crippen LogP contribution in [0.15, 0.2) is 37.0 Å². The minimum Gasteiger partial charge on any atom is -0.386 e. The Bertz CT molecular complexity index is 2210. The molecule has 2 amide bonds. The van der Waals surface area contributed by atoms with Gasteiger partial charge in [0, 0.05) is 43.0 Å². The van der Waals surface area contributed by atoms with Crippen LogP contribution < -0.4 is 16.4 Å². The van der Waals surface area contributed by atoms with E-state index < -0.39 is 84.6 Å². The van der Waals surface area contributed by atoms with Crippen LogP contribution in [-0.4, -0.2) is 128 Å². The Balaban J connectivity index is 1.13. The number of thioether (sulfide) groups is 1. The summed E-state index contributed by atoms with van der Waals surface area (Å²) in [5.74, 6) is -0.392. The second-order valence-corrected chi connectivity index (χ2v) is 21.4. The van der Waals surface area contributed by atoms with Crippen LogP contribution in [-0.2, 0) is 55.5 Å². The van der Waals surface area contributed by atoms with Gasteiger partial charge in [-0.2, -0.15) is 4.31 Å². The highest BCUT2D eigenvalue weighted by atomic mass is 32.2. The first-order chi connectivity index (χ1) is 30.9. The van der Waals surface area contributed by atoms with Crippen LogP contribution >= 0.6 is 35.2 Å². The Hall–Kier alpha value is -3.29. The SMILES string of the molecule is CC/C=C\C[C@@H]1C(=O)CC[C@@H]1CCC/C=C/C(=O)SCCNC(=O)CCNC(=O)C(O)C(C)(C)COP(=O)(O)OP(=O)(O)OC[C@H]1O[C@@H](n2cnc3c(N)ncnc32)[C@H](O)[C@@H]1OP(=O)(O)O. The molecular weight excluding hydrogens is 955 g/mol. The molecule has 2 fully saturated rings. The van der Waals surface area contributed by atoms with Gasteiger partial charge in [0.05, 0.1) is 19.5 Å². The third-order valence-electron chi connectivity index (χ3n) is 10.5. The number of amides is 2. The first-order valence-electron chi connectivity index (χ1n) is 20.8. The van der Waals surface area contributed by atoms with Crippen molar-refractivity contribution in [2.75, 3.05) is 37.8 Å². The molecule has 0 aromatic carbocycles. The second-order valence-electron chi connectivity index (χ2n) is 16.1. The first-order valence-corrected chi connectivity index (χ1v) is 26.3. The number of imidazole rings is 1. The van der Waals surface area contributed by atoms with Crippen molar-refractivity contribution in [3.8, 4) is 0 Å². The quantitative estimate of drug-likeness (QED) is 0.0268. The van der Waals surface area contributed by atoms with Crippen molar-refractivity contribution >= 4 is 74.9 Å². The van der Waals surface area contributed by atoms with Crippen molar-refractivity contribution in [2.45, 2.75) is 103 Å². The average Bonchev–Trinajstić information content (AvgIpc) is 3.91. The molecule has 4 rings (SSSR count). The number of ether oxygens (including phenoxy) is 1. The molecule has 25 nitrogen and oxygen atoms in total. The lowest BCUT2D eigenvalue weighted by molar-refractivity contribution is -0.137. The standard InChI is InChI=1S/C37H58N7O18P3S/c1-4-5-7-11-24-23(13-14-25(24)45)10-8-6-9-12-28(47)66-18-17-39-27(46)15-16-40-35(50)32(49)37(2,3)20-59-65(56,57)62-64(54,55)58-19-26-31(61-63(51,52)53)30(48)36(60-26)44-22-43-29-33(38)41-21-42-34(29)44/h5,7,9,12,21-24,26,30-32,36,48-49H,4,6,8,10-11,13-20H2,1-3H3,(H,39,46)(H,40,50)(H,54,55)(H,56,57)(H2,38,41,42)(H2,51,52,53)/b7-5-,12-9+/t23-,24-,26+,30+,31+,32?,36+/m0/s1. The molecule has 9 atom stereocenters. The van der Waals surface area contributed by atoms with Gasteiger partial charge in [-0.3, -0.25) is 37.3 Å².